The van der Waals surface area contributed by atoms with Crippen molar-refractivity contribution in [1.82, 2.24) is 15.1 Å². The Morgan fingerprint density at radius 2 is 1.90 bits per heavy atom. The topological polar surface area (TPSA) is 71.1 Å². The fourth-order valence-corrected chi connectivity index (χ4v) is 5.42. The molecule has 3 aliphatic heterocycles. The van der Waals surface area contributed by atoms with Crippen molar-refractivity contribution < 1.29 is 19.1 Å². The van der Waals surface area contributed by atoms with E-state index in [0.29, 0.717) is 31.0 Å². The summed E-state index contributed by atoms with van der Waals surface area (Å²) in [6, 6.07) is 5.76. The number of hydrogen-bond donors (Lipinski definition) is 1. The molecule has 3 heterocycles. The number of ether oxygens (including phenoxy) is 2. The number of amides is 2. The zero-order valence-corrected chi connectivity index (χ0v) is 18.0. The Morgan fingerprint density at radius 1 is 1.10 bits per heavy atom. The van der Waals surface area contributed by atoms with E-state index in [4.69, 9.17) is 9.47 Å². The third-order valence-corrected chi connectivity index (χ3v) is 7.08. The van der Waals surface area contributed by atoms with Crippen molar-refractivity contribution in [2.24, 2.45) is 0 Å². The van der Waals surface area contributed by atoms with Gasteiger partial charge in [0.2, 0.25) is 5.91 Å². The number of piperidine rings is 1. The minimum Gasteiger partial charge on any atom is -0.489 e. The lowest BCUT2D eigenvalue weighted by atomic mass is 9.91. The molecule has 5 rings (SSSR count). The Hall–Kier alpha value is -2.38. The van der Waals surface area contributed by atoms with Crippen LogP contribution in [0.1, 0.15) is 54.4 Å². The number of nitrogens with one attached hydrogen (secondary N) is 1. The van der Waals surface area contributed by atoms with Gasteiger partial charge in [0.05, 0.1) is 13.2 Å². The molecule has 4 aliphatic rings. The molecule has 0 bridgehead atoms. The zero-order chi connectivity index (χ0) is 21.4. The number of rotatable bonds is 4. The predicted molar refractivity (Wildman–Crippen MR) is 116 cm³/mol. The summed E-state index contributed by atoms with van der Waals surface area (Å²) >= 11 is 0. The fourth-order valence-electron chi connectivity index (χ4n) is 5.42. The number of carbonyl (C=O) groups is 2. The largest absolute Gasteiger partial charge is 0.489 e. The molecule has 0 aromatic heterocycles. The van der Waals surface area contributed by atoms with E-state index in [2.05, 4.69) is 16.8 Å². The molecule has 2 amide bonds. The number of hydrogen-bond acceptors (Lipinski definition) is 5. The van der Waals surface area contributed by atoms with Crippen LogP contribution in [0.15, 0.2) is 30.5 Å². The van der Waals surface area contributed by atoms with Crippen LogP contribution in [-0.2, 0) is 16.1 Å². The summed E-state index contributed by atoms with van der Waals surface area (Å²) in [4.78, 5) is 29.6. The van der Waals surface area contributed by atoms with Gasteiger partial charge in [-0.05, 0) is 55.9 Å². The molecule has 3 fully saturated rings. The van der Waals surface area contributed by atoms with Crippen LogP contribution in [0.3, 0.4) is 0 Å². The van der Waals surface area contributed by atoms with Crippen molar-refractivity contribution in [2.45, 2.75) is 63.3 Å². The fraction of sp³-hybridized carbons (Fsp3) is 0.583. The summed E-state index contributed by atoms with van der Waals surface area (Å²) in [5.41, 5.74) is 2.35. The summed E-state index contributed by atoms with van der Waals surface area (Å²) < 4.78 is 12.0. The lowest BCUT2D eigenvalue weighted by Gasteiger charge is -2.41. The van der Waals surface area contributed by atoms with E-state index in [1.807, 2.05) is 18.2 Å². The van der Waals surface area contributed by atoms with Gasteiger partial charge in [-0.15, -0.1) is 0 Å². The summed E-state index contributed by atoms with van der Waals surface area (Å²) in [5.74, 6) is 0.613. The molecule has 166 valence electrons. The van der Waals surface area contributed by atoms with Gasteiger partial charge in [-0.2, -0.15) is 0 Å². The maximum Gasteiger partial charge on any atom is 0.255 e. The smallest absolute Gasteiger partial charge is 0.255 e. The van der Waals surface area contributed by atoms with E-state index in [-0.39, 0.29) is 17.9 Å². The van der Waals surface area contributed by atoms with Crippen LogP contribution < -0.4 is 10.1 Å². The Morgan fingerprint density at radius 3 is 2.71 bits per heavy atom. The lowest BCUT2D eigenvalue weighted by Crippen LogP contribution is -2.52. The van der Waals surface area contributed by atoms with Gasteiger partial charge in [0, 0.05) is 36.9 Å². The van der Waals surface area contributed by atoms with Gasteiger partial charge in [-0.3, -0.25) is 14.5 Å². The minimum atomic E-state index is -0.432. The SMILES string of the molecule is C=C1CCC(N2Cc3cc(OC4CCCCC4N4CCOCC4)ccc3C2=O)C(=O)N1. The van der Waals surface area contributed by atoms with E-state index in [9.17, 15) is 9.59 Å². The second-order valence-corrected chi connectivity index (χ2v) is 9.06. The van der Waals surface area contributed by atoms with Gasteiger partial charge < -0.3 is 19.7 Å². The Labute approximate surface area is 183 Å². The van der Waals surface area contributed by atoms with Crippen LogP contribution in [0, 0.1) is 0 Å². The van der Waals surface area contributed by atoms with E-state index < -0.39 is 6.04 Å². The number of carbonyl (C=O) groups excluding carboxylic acids is 2. The standard InChI is InChI=1S/C24H31N3O4/c1-16-6-9-21(23(28)25-16)27-15-17-14-18(7-8-19(17)24(27)29)31-22-5-3-2-4-20(22)26-10-12-30-13-11-26/h7-8,14,20-22H,1-6,9-13,15H2,(H,25,28). The molecule has 7 heteroatoms. The van der Waals surface area contributed by atoms with Crippen LogP contribution in [0.4, 0.5) is 0 Å². The molecule has 1 aromatic rings. The summed E-state index contributed by atoms with van der Waals surface area (Å²) in [6.45, 7) is 7.80. The lowest BCUT2D eigenvalue weighted by molar-refractivity contribution is -0.126. The van der Waals surface area contributed by atoms with Gasteiger partial charge in [-0.25, -0.2) is 0 Å². The van der Waals surface area contributed by atoms with Crippen LogP contribution in [-0.4, -0.2) is 66.1 Å². The highest BCUT2D eigenvalue weighted by molar-refractivity contribution is 6.01. The maximum atomic E-state index is 12.9. The Bertz CT molecular complexity index is 880. The molecule has 3 atom stereocenters. The van der Waals surface area contributed by atoms with Crippen LogP contribution in [0.25, 0.3) is 0 Å². The second kappa shape index (κ2) is 8.63. The predicted octanol–water partition coefficient (Wildman–Crippen LogP) is 2.46. The van der Waals surface area contributed by atoms with Gasteiger partial charge in [-0.1, -0.05) is 13.0 Å². The first-order valence-electron chi connectivity index (χ1n) is 11.5. The first kappa shape index (κ1) is 20.5. The molecule has 7 nitrogen and oxygen atoms in total. The Kier molecular flexibility index (Phi) is 5.71. The van der Waals surface area contributed by atoms with Gasteiger partial charge in [0.15, 0.2) is 0 Å². The van der Waals surface area contributed by atoms with Crippen molar-refractivity contribution in [2.75, 3.05) is 26.3 Å². The Balaban J connectivity index is 1.29. The van der Waals surface area contributed by atoms with Gasteiger partial charge in [0.25, 0.3) is 5.91 Å². The number of morpholine rings is 1. The molecule has 1 aliphatic carbocycles. The summed E-state index contributed by atoms with van der Waals surface area (Å²) in [6.07, 6.45) is 6.12. The monoisotopic (exact) mass is 425 g/mol. The number of allylic oxidation sites excluding steroid dienone is 1. The van der Waals surface area contributed by atoms with Crippen molar-refractivity contribution >= 4 is 11.8 Å². The third kappa shape index (κ3) is 4.08. The molecular weight excluding hydrogens is 394 g/mol. The van der Waals surface area contributed by atoms with E-state index in [1.54, 1.807) is 4.90 Å². The van der Waals surface area contributed by atoms with Crippen LogP contribution in [0.2, 0.25) is 0 Å². The van der Waals surface area contributed by atoms with Gasteiger partial charge in [0.1, 0.15) is 17.9 Å². The molecule has 3 unspecified atom stereocenters. The van der Waals surface area contributed by atoms with Crippen molar-refractivity contribution in [1.29, 1.82) is 0 Å². The first-order chi connectivity index (χ1) is 15.1. The van der Waals surface area contributed by atoms with Crippen molar-refractivity contribution in [3.05, 3.63) is 41.6 Å². The van der Waals surface area contributed by atoms with Crippen LogP contribution >= 0.6 is 0 Å². The molecule has 2 saturated heterocycles. The summed E-state index contributed by atoms with van der Waals surface area (Å²) in [5, 5.41) is 2.79. The molecule has 0 spiro atoms. The van der Waals surface area contributed by atoms with Crippen molar-refractivity contribution in [3.8, 4) is 5.75 Å². The minimum absolute atomic E-state index is 0.0712. The molecule has 31 heavy (non-hydrogen) atoms. The average molecular weight is 426 g/mol. The average Bonchev–Trinajstić information content (AvgIpc) is 3.10. The highest BCUT2D eigenvalue weighted by Crippen LogP contribution is 2.33. The summed E-state index contributed by atoms with van der Waals surface area (Å²) in [7, 11) is 0. The number of benzene rings is 1. The number of nitrogens with zero attached hydrogens (tertiary/aromatic N) is 2. The van der Waals surface area contributed by atoms with Crippen molar-refractivity contribution in [3.63, 3.8) is 0 Å². The highest BCUT2D eigenvalue weighted by atomic mass is 16.5. The van der Waals surface area contributed by atoms with E-state index in [1.165, 1.54) is 12.8 Å². The molecular formula is C24H31N3O4. The zero-order valence-electron chi connectivity index (χ0n) is 18.0. The van der Waals surface area contributed by atoms with E-state index >= 15 is 0 Å². The van der Waals surface area contributed by atoms with Crippen LogP contribution in [0.5, 0.6) is 5.75 Å². The quantitative estimate of drug-likeness (QED) is 0.803. The normalized spacial score (nSPS) is 29.6. The second-order valence-electron chi connectivity index (χ2n) is 9.06. The molecule has 1 saturated carbocycles. The molecule has 1 aromatic carbocycles. The molecule has 0 radical (unpaired) electrons. The van der Waals surface area contributed by atoms with E-state index in [0.717, 1.165) is 56.2 Å². The molecule has 1 N–H and O–H groups in total. The maximum absolute atomic E-state index is 12.9. The first-order valence-corrected chi connectivity index (χ1v) is 11.5. The van der Waals surface area contributed by atoms with Gasteiger partial charge >= 0.3 is 0 Å². The number of fused-ring (bicyclic) bond motifs is 1. The highest BCUT2D eigenvalue weighted by Gasteiger charge is 2.38. The third-order valence-electron chi connectivity index (χ3n) is 7.08.